The lowest BCUT2D eigenvalue weighted by molar-refractivity contribution is -0.131. The van der Waals surface area contributed by atoms with Gasteiger partial charge in [0.1, 0.15) is 6.10 Å². The average molecular weight is 846 g/mol. The van der Waals surface area contributed by atoms with Crippen molar-refractivity contribution in [3.63, 3.8) is 0 Å². The lowest BCUT2D eigenvalue weighted by atomic mass is 10.0. The van der Waals surface area contributed by atoms with Crippen LogP contribution in [0.4, 0.5) is 0 Å². The minimum Gasteiger partial charge on any atom is -0.394 e. The van der Waals surface area contributed by atoms with E-state index in [9.17, 15) is 20.1 Å². The summed E-state index contributed by atoms with van der Waals surface area (Å²) in [4.78, 5) is 12.5. The highest BCUT2D eigenvalue weighted by Gasteiger charge is 2.23. The Labute approximate surface area is 375 Å². The summed E-state index contributed by atoms with van der Waals surface area (Å²) in [5.74, 6) is -0.469. The molecule has 0 radical (unpaired) electrons. The Balaban J connectivity index is 3.44. The maximum atomic E-state index is 12.5. The smallest absolute Gasteiger partial charge is 0.249 e. The van der Waals surface area contributed by atoms with Crippen LogP contribution in [0, 0.1) is 0 Å². The zero-order chi connectivity index (χ0) is 43.7. The van der Waals surface area contributed by atoms with Crippen molar-refractivity contribution in [1.29, 1.82) is 0 Å². The van der Waals surface area contributed by atoms with E-state index in [-0.39, 0.29) is 6.61 Å². The van der Waals surface area contributed by atoms with E-state index in [0.29, 0.717) is 12.8 Å². The fourth-order valence-corrected chi connectivity index (χ4v) is 8.58. The highest BCUT2D eigenvalue weighted by Crippen LogP contribution is 2.17. The number of carbonyl (C=O) groups is 1. The van der Waals surface area contributed by atoms with Gasteiger partial charge in [-0.1, -0.05) is 276 Å². The number of rotatable bonds is 50. The molecule has 5 heteroatoms. The summed E-state index contributed by atoms with van der Waals surface area (Å²) >= 11 is 0. The van der Waals surface area contributed by atoms with E-state index in [2.05, 4.69) is 43.5 Å². The van der Waals surface area contributed by atoms with Crippen molar-refractivity contribution in [3.8, 4) is 0 Å². The van der Waals surface area contributed by atoms with Crippen molar-refractivity contribution < 1.29 is 20.1 Å². The fourth-order valence-electron chi connectivity index (χ4n) is 8.58. The van der Waals surface area contributed by atoms with Gasteiger partial charge in [0.05, 0.1) is 18.8 Å². The summed E-state index contributed by atoms with van der Waals surface area (Å²) < 4.78 is 0. The average Bonchev–Trinajstić information content (AvgIpc) is 3.25. The minimum atomic E-state index is -1.07. The molecule has 0 aromatic rings. The number of aliphatic hydroxyl groups is 3. The number of carbonyl (C=O) groups excluding carboxylic acids is 1. The summed E-state index contributed by atoms with van der Waals surface area (Å²) in [6.45, 7) is 4.23. The first-order valence-corrected chi connectivity index (χ1v) is 27.1. The summed E-state index contributed by atoms with van der Waals surface area (Å²) in [5, 5.41) is 33.3. The molecule has 0 saturated heterocycles. The number of hydrogen-bond acceptors (Lipinski definition) is 4. The van der Waals surface area contributed by atoms with Gasteiger partial charge < -0.3 is 20.6 Å². The molecule has 0 aliphatic carbocycles. The van der Waals surface area contributed by atoms with Crippen molar-refractivity contribution in [2.24, 2.45) is 0 Å². The van der Waals surface area contributed by atoms with Gasteiger partial charge in [-0.3, -0.25) is 4.79 Å². The zero-order valence-corrected chi connectivity index (χ0v) is 40.6. The second kappa shape index (κ2) is 50.5. The zero-order valence-electron chi connectivity index (χ0n) is 40.6. The molecule has 0 heterocycles. The number of hydrogen-bond donors (Lipinski definition) is 4. The third-order valence-electron chi connectivity index (χ3n) is 12.8. The molecule has 0 aromatic heterocycles. The molecule has 60 heavy (non-hydrogen) atoms. The van der Waals surface area contributed by atoms with Gasteiger partial charge in [-0.05, 0) is 44.9 Å². The Morgan fingerprint density at radius 2 is 0.683 bits per heavy atom. The predicted octanol–water partition coefficient (Wildman–Crippen LogP) is 16.5. The van der Waals surface area contributed by atoms with Gasteiger partial charge in [0.2, 0.25) is 5.91 Å². The molecule has 0 saturated carbocycles. The second-order valence-electron chi connectivity index (χ2n) is 18.8. The van der Waals surface area contributed by atoms with Crippen molar-refractivity contribution in [2.75, 3.05) is 6.61 Å². The number of nitrogens with one attached hydrogen (secondary N) is 1. The Kier molecular flexibility index (Phi) is 49.5. The van der Waals surface area contributed by atoms with Crippen LogP contribution in [0.1, 0.15) is 296 Å². The van der Waals surface area contributed by atoms with Gasteiger partial charge in [-0.25, -0.2) is 0 Å². The van der Waals surface area contributed by atoms with E-state index >= 15 is 0 Å². The SMILES string of the molecule is CCCCCCCCCCCCCCC/C=C\C/C=C\CCCCCCCCCCCCCCCCCCC(O)C(=O)NC(CO)C(O)CCCCCCCCCCCC. The maximum Gasteiger partial charge on any atom is 0.249 e. The van der Waals surface area contributed by atoms with Crippen LogP contribution >= 0.6 is 0 Å². The van der Waals surface area contributed by atoms with Crippen LogP contribution in [-0.2, 0) is 4.79 Å². The number of unbranched alkanes of at least 4 members (excludes halogenated alkanes) is 38. The van der Waals surface area contributed by atoms with Crippen molar-refractivity contribution in [1.82, 2.24) is 5.32 Å². The highest BCUT2D eigenvalue weighted by molar-refractivity contribution is 5.80. The van der Waals surface area contributed by atoms with Crippen LogP contribution in [0.3, 0.4) is 0 Å². The quantitative estimate of drug-likeness (QED) is 0.0363. The van der Waals surface area contributed by atoms with E-state index in [1.807, 2.05) is 0 Å². The predicted molar refractivity (Wildman–Crippen MR) is 264 cm³/mol. The Morgan fingerprint density at radius 3 is 1.00 bits per heavy atom. The third-order valence-corrected chi connectivity index (χ3v) is 12.8. The molecule has 0 bridgehead atoms. The Hall–Kier alpha value is -1.17. The third kappa shape index (κ3) is 44.9. The lowest BCUT2D eigenvalue weighted by Crippen LogP contribution is -2.49. The van der Waals surface area contributed by atoms with Gasteiger partial charge in [0.25, 0.3) is 0 Å². The standard InChI is InChI=1S/C55H107NO4/c1-3-5-7-9-11-13-15-16-17-18-19-20-21-22-23-24-25-26-27-28-29-30-31-32-33-34-35-36-37-38-39-40-42-44-46-48-50-54(59)55(60)56-52(51-57)53(58)49-47-45-43-41-14-12-10-8-6-4-2/h23-24,26-27,52-54,57-59H,3-22,25,28-51H2,1-2H3,(H,56,60)/b24-23-,27-26-. The molecule has 4 N–H and O–H groups in total. The summed E-state index contributed by atoms with van der Waals surface area (Å²) in [6.07, 6.45) is 63.8. The second-order valence-corrected chi connectivity index (χ2v) is 18.8. The number of allylic oxidation sites excluding steroid dienone is 4. The first-order valence-electron chi connectivity index (χ1n) is 27.1. The molecular weight excluding hydrogens is 739 g/mol. The van der Waals surface area contributed by atoms with Crippen molar-refractivity contribution >= 4 is 5.91 Å². The molecule has 356 valence electrons. The van der Waals surface area contributed by atoms with Gasteiger partial charge in [0.15, 0.2) is 0 Å². The molecule has 0 aromatic carbocycles. The normalized spacial score (nSPS) is 13.5. The molecule has 0 spiro atoms. The van der Waals surface area contributed by atoms with Crippen LogP contribution in [0.15, 0.2) is 24.3 Å². The van der Waals surface area contributed by atoms with E-state index in [1.54, 1.807) is 0 Å². The van der Waals surface area contributed by atoms with Crippen LogP contribution in [0.5, 0.6) is 0 Å². The first-order chi connectivity index (χ1) is 29.6. The van der Waals surface area contributed by atoms with Gasteiger partial charge >= 0.3 is 0 Å². The summed E-state index contributed by atoms with van der Waals surface area (Å²) in [7, 11) is 0. The largest absolute Gasteiger partial charge is 0.394 e. The monoisotopic (exact) mass is 846 g/mol. The fraction of sp³-hybridized carbons (Fsp3) is 0.909. The van der Waals surface area contributed by atoms with Crippen LogP contribution in [0.2, 0.25) is 0 Å². The van der Waals surface area contributed by atoms with Crippen molar-refractivity contribution in [2.45, 2.75) is 315 Å². The van der Waals surface area contributed by atoms with Crippen LogP contribution < -0.4 is 5.32 Å². The summed E-state index contributed by atoms with van der Waals surface area (Å²) in [5.41, 5.74) is 0. The van der Waals surface area contributed by atoms with Crippen molar-refractivity contribution in [3.05, 3.63) is 24.3 Å². The van der Waals surface area contributed by atoms with Gasteiger partial charge in [-0.2, -0.15) is 0 Å². The molecule has 3 unspecified atom stereocenters. The molecule has 3 atom stereocenters. The summed E-state index contributed by atoms with van der Waals surface area (Å²) in [6, 6.07) is -0.708. The first kappa shape index (κ1) is 58.8. The van der Waals surface area contributed by atoms with Crippen LogP contribution in [-0.4, -0.2) is 46.1 Å². The van der Waals surface area contributed by atoms with E-state index < -0.39 is 24.2 Å². The molecular formula is C55H107NO4. The maximum absolute atomic E-state index is 12.5. The Morgan fingerprint density at radius 1 is 0.400 bits per heavy atom. The molecule has 0 aliphatic rings. The molecule has 1 amide bonds. The topological polar surface area (TPSA) is 89.8 Å². The van der Waals surface area contributed by atoms with E-state index in [4.69, 9.17) is 0 Å². The Bertz CT molecular complexity index is 890. The molecule has 0 fully saturated rings. The number of aliphatic hydroxyl groups excluding tert-OH is 3. The van der Waals surface area contributed by atoms with E-state index in [0.717, 1.165) is 38.5 Å². The van der Waals surface area contributed by atoms with Gasteiger partial charge in [0, 0.05) is 0 Å². The number of amides is 1. The molecule has 0 aliphatic heterocycles. The molecule has 0 rings (SSSR count). The van der Waals surface area contributed by atoms with E-state index in [1.165, 1.54) is 231 Å². The molecule has 5 nitrogen and oxygen atoms in total. The van der Waals surface area contributed by atoms with Gasteiger partial charge in [-0.15, -0.1) is 0 Å². The highest BCUT2D eigenvalue weighted by atomic mass is 16.3. The van der Waals surface area contributed by atoms with Crippen LogP contribution in [0.25, 0.3) is 0 Å². The minimum absolute atomic E-state index is 0.311. The lowest BCUT2D eigenvalue weighted by Gasteiger charge is -2.23.